The van der Waals surface area contributed by atoms with Crippen molar-refractivity contribution in [3.63, 3.8) is 0 Å². The fourth-order valence-electron chi connectivity index (χ4n) is 3.12. The molecule has 1 atom stereocenters. The maximum atomic E-state index is 12.9. The molecule has 2 heterocycles. The number of halogens is 1. The fourth-order valence-corrected chi connectivity index (χ4v) is 3.32. The second-order valence-electron chi connectivity index (χ2n) is 6.72. The molecule has 2 aromatic rings. The lowest BCUT2D eigenvalue weighted by molar-refractivity contribution is -0.123. The minimum Gasteiger partial charge on any atom is -0.307 e. The molecule has 6 nitrogen and oxygen atoms in total. The van der Waals surface area contributed by atoms with E-state index in [0.717, 1.165) is 11.3 Å². The largest absolute Gasteiger partial charge is 0.307 e. The highest BCUT2D eigenvalue weighted by Crippen LogP contribution is 2.34. The summed E-state index contributed by atoms with van der Waals surface area (Å²) in [5.74, 6) is 0.413. The number of carbonyl (C=O) groups excluding carboxylic acids is 2. The van der Waals surface area contributed by atoms with Crippen LogP contribution in [0.5, 0.6) is 0 Å². The number of nitrogens with one attached hydrogen (secondary N) is 1. The highest BCUT2D eigenvalue weighted by atomic mass is 35.5. The summed E-state index contributed by atoms with van der Waals surface area (Å²) in [5, 5.41) is 7.58. The van der Waals surface area contributed by atoms with Crippen molar-refractivity contribution in [3.8, 4) is 0 Å². The summed E-state index contributed by atoms with van der Waals surface area (Å²) < 4.78 is 1.62. The van der Waals surface area contributed by atoms with E-state index in [2.05, 4.69) is 10.4 Å². The predicted octanol–water partition coefficient (Wildman–Crippen LogP) is 3.02. The van der Waals surface area contributed by atoms with Crippen LogP contribution in [0.1, 0.15) is 25.8 Å². The number of nitrogens with zero attached hydrogens (tertiary/aromatic N) is 3. The lowest BCUT2D eigenvalue weighted by Gasteiger charge is -2.28. The van der Waals surface area contributed by atoms with Crippen LogP contribution in [0.3, 0.4) is 0 Å². The number of carbonyl (C=O) groups is 2. The van der Waals surface area contributed by atoms with E-state index in [9.17, 15) is 9.59 Å². The number of anilines is 2. The molecule has 132 valence electrons. The molecule has 25 heavy (non-hydrogen) atoms. The van der Waals surface area contributed by atoms with Crippen molar-refractivity contribution in [1.29, 1.82) is 0 Å². The van der Waals surface area contributed by atoms with Crippen LogP contribution in [-0.2, 0) is 23.1 Å². The number of aromatic nitrogens is 2. The van der Waals surface area contributed by atoms with E-state index < -0.39 is 6.04 Å². The average molecular weight is 361 g/mol. The van der Waals surface area contributed by atoms with Gasteiger partial charge in [0.05, 0.1) is 6.42 Å². The Kier molecular flexibility index (Phi) is 4.81. The van der Waals surface area contributed by atoms with E-state index in [0.29, 0.717) is 17.3 Å². The van der Waals surface area contributed by atoms with Crippen molar-refractivity contribution in [2.45, 2.75) is 32.7 Å². The van der Waals surface area contributed by atoms with E-state index >= 15 is 0 Å². The van der Waals surface area contributed by atoms with Gasteiger partial charge in [0, 0.05) is 30.0 Å². The molecule has 3 rings (SSSR count). The third-order valence-electron chi connectivity index (χ3n) is 4.19. The topological polar surface area (TPSA) is 67.2 Å². The highest BCUT2D eigenvalue weighted by molar-refractivity contribution is 6.31. The Bertz CT molecular complexity index is 815. The maximum absolute atomic E-state index is 12.9. The monoisotopic (exact) mass is 360 g/mol. The molecule has 1 unspecified atom stereocenters. The highest BCUT2D eigenvalue weighted by Gasteiger charge is 2.37. The van der Waals surface area contributed by atoms with Crippen LogP contribution in [0.4, 0.5) is 11.5 Å². The lowest BCUT2D eigenvalue weighted by Crippen LogP contribution is -2.46. The van der Waals surface area contributed by atoms with E-state index in [-0.39, 0.29) is 24.2 Å². The first-order valence-corrected chi connectivity index (χ1v) is 8.64. The quantitative estimate of drug-likeness (QED) is 0.891. The average Bonchev–Trinajstić information content (AvgIpc) is 3.06. The number of amides is 2. The summed E-state index contributed by atoms with van der Waals surface area (Å²) in [5.41, 5.74) is 1.62. The maximum Gasteiger partial charge on any atom is 0.248 e. The summed E-state index contributed by atoms with van der Waals surface area (Å²) in [6.45, 7) is 4.06. The molecule has 1 N–H and O–H groups in total. The van der Waals surface area contributed by atoms with Gasteiger partial charge in [-0.05, 0) is 36.1 Å². The third-order valence-corrected chi connectivity index (χ3v) is 4.42. The van der Waals surface area contributed by atoms with Crippen LogP contribution >= 0.6 is 11.6 Å². The molecule has 0 aliphatic carbocycles. The Morgan fingerprint density at radius 3 is 2.76 bits per heavy atom. The summed E-state index contributed by atoms with van der Waals surface area (Å²) in [7, 11) is 1.78. The molecule has 0 fully saturated rings. The summed E-state index contributed by atoms with van der Waals surface area (Å²) >= 11 is 6.04. The lowest BCUT2D eigenvalue weighted by atomic mass is 10.0. The van der Waals surface area contributed by atoms with Crippen LogP contribution < -0.4 is 10.2 Å². The molecule has 0 saturated carbocycles. The number of rotatable bonds is 5. The van der Waals surface area contributed by atoms with Crippen LogP contribution in [0.2, 0.25) is 5.02 Å². The van der Waals surface area contributed by atoms with E-state index in [1.54, 1.807) is 41.0 Å². The van der Waals surface area contributed by atoms with Crippen LogP contribution in [0, 0.1) is 5.92 Å². The van der Waals surface area contributed by atoms with Crippen LogP contribution in [0.15, 0.2) is 30.5 Å². The molecule has 1 aliphatic heterocycles. The molecule has 0 spiro atoms. The van der Waals surface area contributed by atoms with Crippen LogP contribution in [-0.4, -0.2) is 27.6 Å². The molecule has 0 bridgehead atoms. The third kappa shape index (κ3) is 3.69. The van der Waals surface area contributed by atoms with Crippen molar-refractivity contribution >= 4 is 34.9 Å². The second kappa shape index (κ2) is 6.88. The number of benzene rings is 1. The molecule has 0 radical (unpaired) electrons. The van der Waals surface area contributed by atoms with Gasteiger partial charge in [-0.15, -0.1) is 0 Å². The van der Waals surface area contributed by atoms with Gasteiger partial charge in [0.1, 0.15) is 6.04 Å². The first-order chi connectivity index (χ1) is 11.8. The van der Waals surface area contributed by atoms with Crippen molar-refractivity contribution < 1.29 is 9.59 Å². The normalized spacial score (nSPS) is 14.8. The van der Waals surface area contributed by atoms with E-state index in [1.165, 1.54) is 0 Å². The summed E-state index contributed by atoms with van der Waals surface area (Å²) in [6, 6.07) is 6.48. The number of hydrogen-bond acceptors (Lipinski definition) is 3. The Morgan fingerprint density at radius 1 is 1.36 bits per heavy atom. The van der Waals surface area contributed by atoms with Gasteiger partial charge in [-0.2, -0.15) is 5.10 Å². The Morgan fingerprint density at radius 2 is 2.12 bits per heavy atom. The van der Waals surface area contributed by atoms with Gasteiger partial charge >= 0.3 is 0 Å². The molecular weight excluding hydrogens is 340 g/mol. The summed E-state index contributed by atoms with van der Waals surface area (Å²) in [4.78, 5) is 27.1. The molecule has 1 aromatic heterocycles. The van der Waals surface area contributed by atoms with Gasteiger partial charge < -0.3 is 5.32 Å². The Balaban J connectivity index is 1.90. The van der Waals surface area contributed by atoms with Crippen molar-refractivity contribution in [2.75, 3.05) is 10.2 Å². The number of aryl methyl sites for hydroxylation is 1. The molecule has 2 amide bonds. The van der Waals surface area contributed by atoms with E-state index in [1.807, 2.05) is 19.9 Å². The van der Waals surface area contributed by atoms with Crippen molar-refractivity contribution in [3.05, 3.63) is 41.0 Å². The standard InChI is InChI=1S/C18H21ClN4O2/c1-11(2)8-15(18(25)20-16-6-7-22(3)21-16)23-14-5-4-13(19)9-12(14)10-17(23)24/h4-7,9,11,15H,8,10H2,1-3H3,(H,20,21,25). The number of fused-ring (bicyclic) bond motifs is 1. The smallest absolute Gasteiger partial charge is 0.248 e. The fraction of sp³-hybridized carbons (Fsp3) is 0.389. The SMILES string of the molecule is CC(C)CC(C(=O)Nc1ccn(C)n1)N1C(=O)Cc2cc(Cl)ccc21. The number of hydrogen-bond donors (Lipinski definition) is 1. The molecule has 1 aliphatic rings. The zero-order chi connectivity index (χ0) is 18.1. The zero-order valence-corrected chi connectivity index (χ0v) is 15.2. The van der Waals surface area contributed by atoms with Gasteiger partial charge in [-0.3, -0.25) is 19.2 Å². The van der Waals surface area contributed by atoms with Gasteiger partial charge in [0.25, 0.3) is 0 Å². The first kappa shape index (κ1) is 17.5. The second-order valence-corrected chi connectivity index (χ2v) is 7.16. The van der Waals surface area contributed by atoms with Gasteiger partial charge in [0.15, 0.2) is 5.82 Å². The Labute approximate surface area is 151 Å². The van der Waals surface area contributed by atoms with E-state index in [4.69, 9.17) is 11.6 Å². The van der Waals surface area contributed by atoms with Gasteiger partial charge in [0.2, 0.25) is 11.8 Å². The van der Waals surface area contributed by atoms with Crippen molar-refractivity contribution in [1.82, 2.24) is 9.78 Å². The summed E-state index contributed by atoms with van der Waals surface area (Å²) in [6.07, 6.45) is 2.58. The van der Waals surface area contributed by atoms with Gasteiger partial charge in [-0.1, -0.05) is 25.4 Å². The minimum atomic E-state index is -0.586. The predicted molar refractivity (Wildman–Crippen MR) is 97.7 cm³/mol. The molecule has 7 heteroatoms. The van der Waals surface area contributed by atoms with Gasteiger partial charge in [-0.25, -0.2) is 0 Å². The molecular formula is C18H21ClN4O2. The zero-order valence-electron chi connectivity index (χ0n) is 14.5. The van der Waals surface area contributed by atoms with Crippen molar-refractivity contribution in [2.24, 2.45) is 13.0 Å². The molecule has 0 saturated heterocycles. The first-order valence-electron chi connectivity index (χ1n) is 8.26. The minimum absolute atomic E-state index is 0.0842. The Hall–Kier alpha value is -2.34. The van der Waals surface area contributed by atoms with Crippen LogP contribution in [0.25, 0.3) is 0 Å². The molecule has 1 aromatic carbocycles.